The van der Waals surface area contributed by atoms with E-state index in [0.717, 1.165) is 11.0 Å². The topological polar surface area (TPSA) is 107 Å². The van der Waals surface area contributed by atoms with Gasteiger partial charge in [-0.3, -0.25) is 24.5 Å². The maximum absolute atomic E-state index is 11.6. The molecule has 0 saturated carbocycles. The van der Waals surface area contributed by atoms with Crippen molar-refractivity contribution in [3.63, 3.8) is 0 Å². The Morgan fingerprint density at radius 1 is 1.11 bits per heavy atom. The number of nitrogens with one attached hydrogen (secondary N) is 1. The summed E-state index contributed by atoms with van der Waals surface area (Å²) in [6.45, 7) is 11.6. The van der Waals surface area contributed by atoms with Gasteiger partial charge in [0.25, 0.3) is 11.8 Å². The van der Waals surface area contributed by atoms with Gasteiger partial charge in [0.1, 0.15) is 24.9 Å². The molecule has 1 rings (SSSR count). The van der Waals surface area contributed by atoms with Crippen molar-refractivity contribution >= 4 is 17.6 Å². The second kappa shape index (κ2) is 12.5. The number of nitrogens with zero attached hydrogens (tertiary/aromatic N) is 3. The number of hydrogen-bond donors (Lipinski definition) is 1. The fourth-order valence-electron chi connectivity index (χ4n) is 1.91. The number of carbonyl (C=O) groups excluding carboxylic acids is 2. The number of ether oxygens (including phenoxy) is 3. The van der Waals surface area contributed by atoms with Gasteiger partial charge in [-0.15, -0.1) is 0 Å². The molecule has 0 atom stereocenters. The van der Waals surface area contributed by atoms with E-state index in [1.807, 2.05) is 0 Å². The molecule has 0 aliphatic heterocycles. The molecule has 9 nitrogen and oxygen atoms in total. The minimum Gasteiger partial charge on any atom is -0.377 e. The lowest BCUT2D eigenvalue weighted by Crippen LogP contribution is -2.33. The molecule has 0 fully saturated rings. The van der Waals surface area contributed by atoms with Crippen molar-refractivity contribution in [2.24, 2.45) is 0 Å². The lowest BCUT2D eigenvalue weighted by Gasteiger charge is -2.16. The van der Waals surface area contributed by atoms with Crippen LogP contribution in [0.15, 0.2) is 50.5 Å². The largest absolute Gasteiger partial charge is 0.377 e. The van der Waals surface area contributed by atoms with Crippen LogP contribution in [0.2, 0.25) is 0 Å². The molecule has 146 valence electrons. The molecule has 1 heterocycles. The second-order valence-corrected chi connectivity index (χ2v) is 5.02. The van der Waals surface area contributed by atoms with E-state index < -0.39 is 5.91 Å². The summed E-state index contributed by atoms with van der Waals surface area (Å²) in [6, 6.07) is 0. The van der Waals surface area contributed by atoms with Gasteiger partial charge in [0, 0.05) is 18.6 Å². The molecule has 0 aliphatic rings. The van der Waals surface area contributed by atoms with Crippen LogP contribution in [0.5, 0.6) is 0 Å². The Balaban J connectivity index is 2.10. The molecular weight excluding hydrogens is 352 g/mol. The van der Waals surface area contributed by atoms with Gasteiger partial charge in [0.2, 0.25) is 0 Å². The highest BCUT2D eigenvalue weighted by Crippen LogP contribution is 2.00. The van der Waals surface area contributed by atoms with Crippen molar-refractivity contribution in [3.8, 4) is 0 Å². The van der Waals surface area contributed by atoms with E-state index in [-0.39, 0.29) is 31.6 Å². The first-order chi connectivity index (χ1) is 13.0. The quantitative estimate of drug-likeness (QED) is 0.241. The summed E-state index contributed by atoms with van der Waals surface area (Å²) >= 11 is 0. The Bertz CT molecular complexity index is 683. The Labute approximate surface area is 158 Å². The third kappa shape index (κ3) is 7.48. The zero-order valence-electron chi connectivity index (χ0n) is 15.1. The van der Waals surface area contributed by atoms with E-state index in [0.29, 0.717) is 25.6 Å². The Morgan fingerprint density at radius 3 is 2.41 bits per heavy atom. The Morgan fingerprint density at radius 2 is 1.78 bits per heavy atom. The van der Waals surface area contributed by atoms with Gasteiger partial charge in [0.15, 0.2) is 0 Å². The van der Waals surface area contributed by atoms with Crippen molar-refractivity contribution in [2.75, 3.05) is 33.0 Å². The highest BCUT2D eigenvalue weighted by Gasteiger charge is 2.12. The summed E-state index contributed by atoms with van der Waals surface area (Å²) in [5.74, 6) is -0.261. The maximum atomic E-state index is 11.6. The molecular formula is C18H24N4O5. The van der Waals surface area contributed by atoms with Crippen LogP contribution in [0, 0.1) is 5.41 Å². The second-order valence-electron chi connectivity index (χ2n) is 5.02. The lowest BCUT2D eigenvalue weighted by molar-refractivity contribution is -0.120. The van der Waals surface area contributed by atoms with Gasteiger partial charge in [-0.25, -0.2) is 4.98 Å². The molecule has 0 aliphatic carbocycles. The van der Waals surface area contributed by atoms with Gasteiger partial charge in [-0.05, 0) is 12.2 Å². The number of aromatic nitrogens is 2. The SMILES string of the molecule is C=CC(=O)N(C=C)C(=N)COCCOCCOCc1nccn1C(=O)C=C. The van der Waals surface area contributed by atoms with Crippen molar-refractivity contribution in [3.05, 3.63) is 56.3 Å². The van der Waals surface area contributed by atoms with Crippen LogP contribution in [-0.2, 0) is 25.6 Å². The van der Waals surface area contributed by atoms with Crippen molar-refractivity contribution in [1.82, 2.24) is 14.5 Å². The lowest BCUT2D eigenvalue weighted by atomic mass is 10.4. The molecule has 1 amide bonds. The van der Waals surface area contributed by atoms with Crippen molar-refractivity contribution in [1.29, 1.82) is 5.41 Å². The van der Waals surface area contributed by atoms with E-state index in [2.05, 4.69) is 24.7 Å². The fourth-order valence-corrected chi connectivity index (χ4v) is 1.91. The molecule has 0 bridgehead atoms. The zero-order chi connectivity index (χ0) is 20.1. The van der Waals surface area contributed by atoms with E-state index in [1.165, 1.54) is 23.0 Å². The normalized spacial score (nSPS) is 10.2. The van der Waals surface area contributed by atoms with Crippen LogP contribution in [0.1, 0.15) is 10.6 Å². The minimum atomic E-state index is -0.442. The van der Waals surface area contributed by atoms with Gasteiger partial charge in [-0.1, -0.05) is 19.7 Å². The summed E-state index contributed by atoms with van der Waals surface area (Å²) in [5.41, 5.74) is 0. The van der Waals surface area contributed by atoms with Crippen LogP contribution in [0.4, 0.5) is 0 Å². The number of imidazole rings is 1. The molecule has 9 heteroatoms. The average Bonchev–Trinajstić information content (AvgIpc) is 3.14. The summed E-state index contributed by atoms with van der Waals surface area (Å²) in [4.78, 5) is 28.1. The summed E-state index contributed by atoms with van der Waals surface area (Å²) < 4.78 is 17.4. The monoisotopic (exact) mass is 376 g/mol. The highest BCUT2D eigenvalue weighted by atomic mass is 16.5. The molecule has 1 aromatic rings. The Hall–Kier alpha value is -2.88. The smallest absolute Gasteiger partial charge is 0.255 e. The highest BCUT2D eigenvalue weighted by molar-refractivity contribution is 6.03. The summed E-state index contributed by atoms with van der Waals surface area (Å²) in [5, 5.41) is 7.74. The van der Waals surface area contributed by atoms with Crippen LogP contribution < -0.4 is 0 Å². The minimum absolute atomic E-state index is 0.0391. The molecule has 27 heavy (non-hydrogen) atoms. The third-order valence-corrected chi connectivity index (χ3v) is 3.23. The molecule has 0 unspecified atom stereocenters. The van der Waals surface area contributed by atoms with Gasteiger partial charge in [-0.2, -0.15) is 0 Å². The average molecular weight is 376 g/mol. The van der Waals surface area contributed by atoms with E-state index in [4.69, 9.17) is 19.6 Å². The van der Waals surface area contributed by atoms with Crippen LogP contribution in [0.25, 0.3) is 0 Å². The first kappa shape index (κ1) is 22.2. The van der Waals surface area contributed by atoms with E-state index >= 15 is 0 Å². The molecule has 0 saturated heterocycles. The molecule has 0 aromatic carbocycles. The van der Waals surface area contributed by atoms with Crippen LogP contribution in [0.3, 0.4) is 0 Å². The molecule has 0 spiro atoms. The predicted octanol–water partition coefficient (Wildman–Crippen LogP) is 1.39. The molecule has 1 aromatic heterocycles. The summed E-state index contributed by atoms with van der Waals surface area (Å²) in [6.07, 6.45) is 6.60. The molecule has 0 radical (unpaired) electrons. The van der Waals surface area contributed by atoms with Gasteiger partial charge < -0.3 is 14.2 Å². The van der Waals surface area contributed by atoms with E-state index in [1.54, 1.807) is 6.20 Å². The number of carbonyl (C=O) groups is 2. The molecule has 1 N–H and O–H groups in total. The van der Waals surface area contributed by atoms with E-state index in [9.17, 15) is 9.59 Å². The van der Waals surface area contributed by atoms with Gasteiger partial charge in [0.05, 0.1) is 26.4 Å². The maximum Gasteiger partial charge on any atom is 0.255 e. The first-order valence-corrected chi connectivity index (χ1v) is 8.13. The van der Waals surface area contributed by atoms with Crippen LogP contribution in [-0.4, -0.2) is 65.1 Å². The van der Waals surface area contributed by atoms with Gasteiger partial charge >= 0.3 is 0 Å². The number of amides is 1. The Kier molecular flexibility index (Phi) is 10.2. The fraction of sp³-hybridized carbons (Fsp3) is 0.333. The number of allylic oxidation sites excluding steroid dienone is 1. The third-order valence-electron chi connectivity index (χ3n) is 3.23. The number of hydrogen-bond acceptors (Lipinski definition) is 7. The first-order valence-electron chi connectivity index (χ1n) is 8.13. The predicted molar refractivity (Wildman–Crippen MR) is 99.3 cm³/mol. The number of amidine groups is 1. The zero-order valence-corrected chi connectivity index (χ0v) is 15.1. The standard InChI is InChI=1S/C18H24N4O5/c1-4-17(23)21(6-3)15(19)13-26-11-9-25-10-12-27-14-16-20-7-8-22(16)18(24)5-2/h4-8,19H,1-3,9-14H2. The van der Waals surface area contributed by atoms with Crippen molar-refractivity contribution in [2.45, 2.75) is 6.61 Å². The van der Waals surface area contributed by atoms with Crippen LogP contribution >= 0.6 is 0 Å². The van der Waals surface area contributed by atoms with Crippen molar-refractivity contribution < 1.29 is 23.8 Å². The number of rotatable bonds is 13. The summed E-state index contributed by atoms with van der Waals surface area (Å²) in [7, 11) is 0.